The number of benzene rings is 3. The van der Waals surface area contributed by atoms with E-state index in [1.165, 1.54) is 9.87 Å². The van der Waals surface area contributed by atoms with Crippen LogP contribution >= 0.6 is 0 Å². The second-order valence-corrected chi connectivity index (χ2v) is 13.5. The minimum Gasteiger partial charge on any atom is -0.497 e. The first-order valence-electron chi connectivity index (χ1n) is 14.1. The van der Waals surface area contributed by atoms with Gasteiger partial charge in [0.25, 0.3) is 15.9 Å². The van der Waals surface area contributed by atoms with Crippen LogP contribution in [-0.4, -0.2) is 64.0 Å². The summed E-state index contributed by atoms with van der Waals surface area (Å²) in [4.78, 5) is 18.5. The highest BCUT2D eigenvalue weighted by atomic mass is 32.2. The number of amides is 1. The fraction of sp³-hybridized carbons (Fsp3) is 0.406. The smallest absolute Gasteiger partial charge is 0.264 e. The molecule has 3 heterocycles. The number of anilines is 1. The molecule has 3 aromatic carbocycles. The summed E-state index contributed by atoms with van der Waals surface area (Å²) in [6, 6.07) is 19.6. The molecule has 8 heteroatoms. The molecule has 2 saturated heterocycles. The lowest BCUT2D eigenvalue weighted by Crippen LogP contribution is -2.34. The third kappa shape index (κ3) is 4.77. The molecule has 7 nitrogen and oxygen atoms in total. The van der Waals surface area contributed by atoms with Crippen molar-refractivity contribution in [1.29, 1.82) is 0 Å². The van der Waals surface area contributed by atoms with Crippen molar-refractivity contribution in [3.8, 4) is 5.75 Å². The molecule has 210 valence electrons. The molecule has 3 aliphatic heterocycles. The summed E-state index contributed by atoms with van der Waals surface area (Å²) in [5.41, 5.74) is 4.89. The molecule has 6 rings (SSSR count). The number of hydrogen-bond acceptors (Lipinski definition) is 5. The van der Waals surface area contributed by atoms with Crippen LogP contribution in [0.2, 0.25) is 0 Å². The molecule has 40 heavy (non-hydrogen) atoms. The van der Waals surface area contributed by atoms with Gasteiger partial charge in [0, 0.05) is 43.7 Å². The second kappa shape index (κ2) is 10.2. The van der Waals surface area contributed by atoms with Crippen molar-refractivity contribution >= 4 is 21.6 Å². The molecule has 2 fully saturated rings. The zero-order chi connectivity index (χ0) is 28.1. The van der Waals surface area contributed by atoms with Crippen molar-refractivity contribution in [1.82, 2.24) is 9.80 Å². The Morgan fingerprint density at radius 2 is 1.65 bits per heavy atom. The SMILES string of the molecule is COc1cc(C)c(S(=O)(=O)N2CCc3ccc(C(=O)N4CCC5(CCN(Cc6ccccc6)C5)C4)cc32)c(C)c1. The maximum absolute atomic E-state index is 13.9. The second-order valence-electron chi connectivity index (χ2n) is 11.7. The van der Waals surface area contributed by atoms with E-state index in [1.54, 1.807) is 39.2 Å². The van der Waals surface area contributed by atoms with E-state index in [-0.39, 0.29) is 11.3 Å². The standard InChI is InChI=1S/C32H37N3O4S/c1-23-17-28(39-3)18-24(2)30(23)40(37,38)35-14-11-26-9-10-27(19-29(26)35)31(36)34-16-13-32(22-34)12-15-33(21-32)20-25-7-5-4-6-8-25/h4-10,17-19H,11-16,20-22H2,1-3H3. The molecule has 1 atom stereocenters. The molecule has 1 amide bonds. The molecular formula is C32H37N3O4S. The molecule has 3 aromatic rings. The van der Waals surface area contributed by atoms with E-state index in [4.69, 9.17) is 4.74 Å². The first-order chi connectivity index (χ1) is 19.2. The topological polar surface area (TPSA) is 70.2 Å². The number of nitrogens with zero attached hydrogens (tertiary/aromatic N) is 3. The van der Waals surface area contributed by atoms with Crippen LogP contribution in [0.1, 0.15) is 45.5 Å². The number of aryl methyl sites for hydroxylation is 2. The molecule has 1 unspecified atom stereocenters. The van der Waals surface area contributed by atoms with Crippen molar-refractivity contribution in [2.75, 3.05) is 44.1 Å². The number of likely N-dealkylation sites (tertiary alicyclic amines) is 2. The number of carbonyl (C=O) groups excluding carboxylic acids is 1. The van der Waals surface area contributed by atoms with Crippen molar-refractivity contribution in [2.24, 2.45) is 5.41 Å². The zero-order valence-corrected chi connectivity index (χ0v) is 24.3. The quantitative estimate of drug-likeness (QED) is 0.434. The molecule has 0 aromatic heterocycles. The number of rotatable bonds is 6. The molecular weight excluding hydrogens is 522 g/mol. The highest BCUT2D eigenvalue weighted by molar-refractivity contribution is 7.93. The zero-order valence-electron chi connectivity index (χ0n) is 23.5. The third-order valence-electron chi connectivity index (χ3n) is 8.89. The van der Waals surface area contributed by atoms with E-state index < -0.39 is 10.0 Å². The van der Waals surface area contributed by atoms with Gasteiger partial charge < -0.3 is 9.64 Å². The van der Waals surface area contributed by atoms with E-state index in [9.17, 15) is 13.2 Å². The predicted molar refractivity (Wildman–Crippen MR) is 156 cm³/mol. The Hall–Kier alpha value is -3.36. The molecule has 0 aliphatic carbocycles. The van der Waals surface area contributed by atoms with Gasteiger partial charge in [0.1, 0.15) is 5.75 Å². The lowest BCUT2D eigenvalue weighted by atomic mass is 9.86. The van der Waals surface area contributed by atoms with E-state index in [0.717, 1.165) is 51.1 Å². The van der Waals surface area contributed by atoms with Gasteiger partial charge >= 0.3 is 0 Å². The lowest BCUT2D eigenvalue weighted by molar-refractivity contribution is 0.0773. The Balaban J connectivity index is 1.19. The van der Waals surface area contributed by atoms with E-state index in [1.807, 2.05) is 23.1 Å². The van der Waals surface area contributed by atoms with Crippen LogP contribution in [0.3, 0.4) is 0 Å². The van der Waals surface area contributed by atoms with E-state index in [0.29, 0.717) is 46.0 Å². The minimum absolute atomic E-state index is 0.0118. The summed E-state index contributed by atoms with van der Waals surface area (Å²) in [6.07, 6.45) is 2.73. The van der Waals surface area contributed by atoms with Crippen LogP contribution < -0.4 is 9.04 Å². The van der Waals surface area contributed by atoms with Crippen LogP contribution in [-0.2, 0) is 23.0 Å². The van der Waals surface area contributed by atoms with E-state index in [2.05, 4.69) is 29.2 Å². The number of methoxy groups -OCH3 is 1. The number of sulfonamides is 1. The maximum atomic E-state index is 13.9. The number of fused-ring (bicyclic) bond motifs is 1. The van der Waals surface area contributed by atoms with Crippen LogP contribution in [0.15, 0.2) is 65.6 Å². The Kier molecular flexibility index (Phi) is 6.87. The monoisotopic (exact) mass is 559 g/mol. The highest BCUT2D eigenvalue weighted by Gasteiger charge is 2.45. The van der Waals surface area contributed by atoms with Crippen molar-refractivity contribution < 1.29 is 17.9 Å². The van der Waals surface area contributed by atoms with Gasteiger partial charge in [-0.15, -0.1) is 0 Å². The van der Waals surface area contributed by atoms with Gasteiger partial charge in [-0.25, -0.2) is 8.42 Å². The summed E-state index contributed by atoms with van der Waals surface area (Å²) in [5.74, 6) is 0.625. The van der Waals surface area contributed by atoms with Crippen molar-refractivity contribution in [3.63, 3.8) is 0 Å². The fourth-order valence-electron chi connectivity index (χ4n) is 6.91. The Bertz CT molecular complexity index is 1530. The Morgan fingerprint density at radius 1 is 0.925 bits per heavy atom. The average Bonchev–Trinajstić information content (AvgIpc) is 3.66. The number of hydrogen-bond donors (Lipinski definition) is 0. The van der Waals surface area contributed by atoms with Gasteiger partial charge in [0.05, 0.1) is 17.7 Å². The summed E-state index contributed by atoms with van der Waals surface area (Å²) in [7, 11) is -2.23. The molecule has 0 bridgehead atoms. The largest absolute Gasteiger partial charge is 0.497 e. The van der Waals surface area contributed by atoms with Crippen LogP contribution in [0.4, 0.5) is 5.69 Å². The Labute approximate surface area is 237 Å². The van der Waals surface area contributed by atoms with Gasteiger partial charge in [-0.3, -0.25) is 14.0 Å². The predicted octanol–water partition coefficient (Wildman–Crippen LogP) is 4.80. The van der Waals surface area contributed by atoms with Gasteiger partial charge in [-0.1, -0.05) is 36.4 Å². The van der Waals surface area contributed by atoms with Gasteiger partial charge in [-0.2, -0.15) is 0 Å². The molecule has 0 N–H and O–H groups in total. The molecule has 1 spiro atoms. The van der Waals surface area contributed by atoms with Gasteiger partial charge in [-0.05, 0) is 86.2 Å². The summed E-state index contributed by atoms with van der Waals surface area (Å²) in [6.45, 7) is 8.44. The van der Waals surface area contributed by atoms with Crippen molar-refractivity contribution in [2.45, 2.75) is 44.6 Å². The fourth-order valence-corrected chi connectivity index (χ4v) is 8.82. The summed E-state index contributed by atoms with van der Waals surface area (Å²) >= 11 is 0. The summed E-state index contributed by atoms with van der Waals surface area (Å²) < 4.78 is 34.6. The maximum Gasteiger partial charge on any atom is 0.264 e. The van der Waals surface area contributed by atoms with Gasteiger partial charge in [0.15, 0.2) is 0 Å². The molecule has 3 aliphatic rings. The van der Waals surface area contributed by atoms with Gasteiger partial charge in [0.2, 0.25) is 0 Å². The molecule has 0 saturated carbocycles. The average molecular weight is 560 g/mol. The minimum atomic E-state index is -3.80. The summed E-state index contributed by atoms with van der Waals surface area (Å²) in [5, 5.41) is 0. The lowest BCUT2D eigenvalue weighted by Gasteiger charge is -2.25. The van der Waals surface area contributed by atoms with Crippen molar-refractivity contribution in [3.05, 3.63) is 88.5 Å². The molecule has 0 radical (unpaired) electrons. The first kappa shape index (κ1) is 26.8. The number of ether oxygens (including phenoxy) is 1. The highest BCUT2D eigenvalue weighted by Crippen LogP contribution is 2.41. The number of carbonyl (C=O) groups is 1. The van der Waals surface area contributed by atoms with Crippen LogP contribution in [0.5, 0.6) is 5.75 Å². The van der Waals surface area contributed by atoms with E-state index >= 15 is 0 Å². The first-order valence-corrected chi connectivity index (χ1v) is 15.5. The third-order valence-corrected chi connectivity index (χ3v) is 11.0. The Morgan fingerprint density at radius 3 is 2.38 bits per heavy atom. The van der Waals surface area contributed by atoms with Crippen LogP contribution in [0.25, 0.3) is 0 Å². The normalized spacial score (nSPS) is 20.9. The van der Waals surface area contributed by atoms with Crippen LogP contribution in [0, 0.1) is 19.3 Å².